The predicted molar refractivity (Wildman–Crippen MR) is 99.8 cm³/mol. The Kier molecular flexibility index (Phi) is 6.26. The number of aromatic nitrogens is 1. The lowest BCUT2D eigenvalue weighted by Gasteiger charge is -2.15. The fourth-order valence-corrected chi connectivity index (χ4v) is 2.31. The van der Waals surface area contributed by atoms with Gasteiger partial charge in [0.05, 0.1) is 17.6 Å². The van der Waals surface area contributed by atoms with Crippen molar-refractivity contribution in [1.29, 1.82) is 0 Å². The van der Waals surface area contributed by atoms with Crippen LogP contribution in [0.2, 0.25) is 0 Å². The van der Waals surface area contributed by atoms with Gasteiger partial charge in [-0.3, -0.25) is 20.2 Å². The minimum absolute atomic E-state index is 0.0431. The average molecular weight is 373 g/mol. The second-order valence-corrected chi connectivity index (χ2v) is 5.49. The molecule has 2 aromatic rings. The maximum atomic E-state index is 12.5. The molecule has 1 atom stereocenters. The van der Waals surface area contributed by atoms with Gasteiger partial charge in [-0.25, -0.2) is 9.78 Å². The summed E-state index contributed by atoms with van der Waals surface area (Å²) in [5, 5.41) is 16.4. The zero-order valence-corrected chi connectivity index (χ0v) is 14.8. The number of nitrogens with two attached hydrogens (primary N) is 1. The number of nitrogens with zero attached hydrogens (tertiary/aromatic N) is 2. The van der Waals surface area contributed by atoms with E-state index in [1.54, 1.807) is 44.2 Å². The first-order valence-electron chi connectivity index (χ1n) is 8.08. The molecule has 0 spiro atoms. The monoisotopic (exact) mass is 373 g/mol. The SMILES string of the molecule is CCOC(=O)Nc1cc(N)c([N+](=O)[O-])c(N[C@H](C)C(=O)c2ccccc2)n1. The van der Waals surface area contributed by atoms with Crippen LogP contribution in [0.5, 0.6) is 0 Å². The van der Waals surface area contributed by atoms with Crippen LogP contribution >= 0.6 is 0 Å². The Bertz CT molecular complexity index is 856. The molecule has 0 unspecified atom stereocenters. The van der Waals surface area contributed by atoms with E-state index in [9.17, 15) is 19.7 Å². The van der Waals surface area contributed by atoms with Gasteiger partial charge in [0.15, 0.2) is 5.78 Å². The van der Waals surface area contributed by atoms with Crippen LogP contribution in [0.25, 0.3) is 0 Å². The molecule has 0 radical (unpaired) electrons. The maximum Gasteiger partial charge on any atom is 0.412 e. The normalized spacial score (nSPS) is 11.3. The molecular formula is C17H19N5O5. The van der Waals surface area contributed by atoms with Gasteiger partial charge in [-0.2, -0.15) is 0 Å². The highest BCUT2D eigenvalue weighted by Crippen LogP contribution is 2.32. The van der Waals surface area contributed by atoms with Crippen molar-refractivity contribution in [3.05, 3.63) is 52.1 Å². The van der Waals surface area contributed by atoms with Crippen molar-refractivity contribution in [1.82, 2.24) is 4.98 Å². The lowest BCUT2D eigenvalue weighted by molar-refractivity contribution is -0.383. The van der Waals surface area contributed by atoms with Crippen LogP contribution in [-0.4, -0.2) is 34.4 Å². The average Bonchev–Trinajstić information content (AvgIpc) is 2.61. The first-order chi connectivity index (χ1) is 12.8. The second kappa shape index (κ2) is 8.61. The molecule has 142 valence electrons. The van der Waals surface area contributed by atoms with Crippen LogP contribution in [0.4, 0.5) is 27.8 Å². The molecule has 0 fully saturated rings. The summed E-state index contributed by atoms with van der Waals surface area (Å²) in [6, 6.07) is 8.78. The van der Waals surface area contributed by atoms with Gasteiger partial charge in [0.25, 0.3) is 0 Å². The summed E-state index contributed by atoms with van der Waals surface area (Å²) >= 11 is 0. The van der Waals surface area contributed by atoms with Gasteiger partial charge < -0.3 is 15.8 Å². The summed E-state index contributed by atoms with van der Waals surface area (Å²) in [6.07, 6.45) is -0.780. The second-order valence-electron chi connectivity index (χ2n) is 5.49. The number of rotatable bonds is 7. The highest BCUT2D eigenvalue weighted by molar-refractivity contribution is 6.01. The summed E-state index contributed by atoms with van der Waals surface area (Å²) < 4.78 is 4.74. The Morgan fingerprint density at radius 1 is 1.33 bits per heavy atom. The third kappa shape index (κ3) is 4.91. The number of carbonyl (C=O) groups is 2. The zero-order chi connectivity index (χ0) is 20.0. The van der Waals surface area contributed by atoms with Crippen LogP contribution in [0.3, 0.4) is 0 Å². The number of ketones is 1. The Hall–Kier alpha value is -3.69. The topological polar surface area (TPSA) is 149 Å². The van der Waals surface area contributed by atoms with Crippen molar-refractivity contribution in [2.24, 2.45) is 0 Å². The molecule has 10 nitrogen and oxygen atoms in total. The predicted octanol–water partition coefficient (Wildman–Crippen LogP) is 2.82. The third-order valence-electron chi connectivity index (χ3n) is 3.52. The largest absolute Gasteiger partial charge is 0.450 e. The summed E-state index contributed by atoms with van der Waals surface area (Å²) in [5.41, 5.74) is 5.47. The van der Waals surface area contributed by atoms with E-state index >= 15 is 0 Å². The van der Waals surface area contributed by atoms with Crippen LogP contribution in [-0.2, 0) is 4.74 Å². The summed E-state index contributed by atoms with van der Waals surface area (Å²) in [5.74, 6) is -0.559. The van der Waals surface area contributed by atoms with Crippen LogP contribution < -0.4 is 16.4 Å². The number of benzene rings is 1. The first-order valence-corrected chi connectivity index (χ1v) is 8.08. The number of hydrogen-bond acceptors (Lipinski definition) is 8. The quantitative estimate of drug-likeness (QED) is 0.381. The number of amides is 1. The molecule has 1 aromatic heterocycles. The van der Waals surface area contributed by atoms with Gasteiger partial charge in [-0.05, 0) is 13.8 Å². The molecule has 1 heterocycles. The van der Waals surface area contributed by atoms with Gasteiger partial charge in [-0.15, -0.1) is 0 Å². The Balaban J connectivity index is 2.32. The molecule has 2 rings (SSSR count). The molecule has 0 saturated carbocycles. The number of anilines is 3. The maximum absolute atomic E-state index is 12.5. The molecule has 1 amide bonds. The molecule has 10 heteroatoms. The van der Waals surface area contributed by atoms with Crippen LogP contribution in [0.15, 0.2) is 36.4 Å². The van der Waals surface area contributed by atoms with Gasteiger partial charge in [0.1, 0.15) is 11.5 Å². The molecular weight excluding hydrogens is 354 g/mol. The first kappa shape index (κ1) is 19.6. The molecule has 0 aliphatic carbocycles. The minimum atomic E-state index is -0.823. The smallest absolute Gasteiger partial charge is 0.412 e. The van der Waals surface area contributed by atoms with Crippen molar-refractivity contribution in [2.45, 2.75) is 19.9 Å². The number of nitrogens with one attached hydrogen (secondary N) is 2. The number of nitrogen functional groups attached to an aromatic ring is 1. The zero-order valence-electron chi connectivity index (χ0n) is 14.8. The van der Waals surface area contributed by atoms with Gasteiger partial charge in [0, 0.05) is 11.6 Å². The number of nitro groups is 1. The van der Waals surface area contributed by atoms with Gasteiger partial charge in [0.2, 0.25) is 5.82 Å². The van der Waals surface area contributed by atoms with Crippen molar-refractivity contribution >= 4 is 34.9 Å². The van der Waals surface area contributed by atoms with Crippen LogP contribution in [0.1, 0.15) is 24.2 Å². The van der Waals surface area contributed by atoms with Crippen molar-refractivity contribution in [3.63, 3.8) is 0 Å². The molecule has 0 aliphatic rings. The van der Waals surface area contributed by atoms with E-state index in [-0.39, 0.29) is 29.7 Å². The fourth-order valence-electron chi connectivity index (χ4n) is 2.31. The Morgan fingerprint density at radius 2 is 2.00 bits per heavy atom. The molecule has 4 N–H and O–H groups in total. The molecule has 0 saturated heterocycles. The van der Waals surface area contributed by atoms with Crippen molar-refractivity contribution in [3.8, 4) is 0 Å². The molecule has 0 aliphatic heterocycles. The summed E-state index contributed by atoms with van der Waals surface area (Å²) in [7, 11) is 0. The third-order valence-corrected chi connectivity index (χ3v) is 3.52. The highest BCUT2D eigenvalue weighted by Gasteiger charge is 2.25. The lowest BCUT2D eigenvalue weighted by Crippen LogP contribution is -2.27. The number of hydrogen-bond donors (Lipinski definition) is 3. The summed E-state index contributed by atoms with van der Waals surface area (Å²) in [4.78, 5) is 38.7. The standard InChI is InChI=1S/C17H19N5O5/c1-3-27-17(24)21-13-9-12(18)14(22(25)26)16(20-13)19-10(2)15(23)11-7-5-4-6-8-11/h4-10H,3H2,1-2H3,(H4,18,19,20,21,24)/t10-/m1/s1. The van der Waals surface area contributed by atoms with E-state index in [2.05, 4.69) is 15.6 Å². The fraction of sp³-hybridized carbons (Fsp3) is 0.235. The van der Waals surface area contributed by atoms with Crippen molar-refractivity contribution in [2.75, 3.05) is 23.0 Å². The summed E-state index contributed by atoms with van der Waals surface area (Å²) in [6.45, 7) is 3.31. The minimum Gasteiger partial charge on any atom is -0.450 e. The number of ether oxygens (including phenoxy) is 1. The van der Waals surface area contributed by atoms with Crippen molar-refractivity contribution < 1.29 is 19.2 Å². The molecule has 0 bridgehead atoms. The van der Waals surface area contributed by atoms with E-state index in [1.807, 2.05) is 0 Å². The van der Waals surface area contributed by atoms with Gasteiger partial charge >= 0.3 is 11.8 Å². The number of pyridine rings is 1. The Morgan fingerprint density at radius 3 is 2.59 bits per heavy atom. The molecule has 1 aromatic carbocycles. The molecule has 27 heavy (non-hydrogen) atoms. The number of carbonyl (C=O) groups excluding carboxylic acids is 2. The van der Waals surface area contributed by atoms with Crippen LogP contribution in [0, 0.1) is 10.1 Å². The lowest BCUT2D eigenvalue weighted by atomic mass is 10.1. The number of Topliss-reactive ketones (excluding diaryl/α,β-unsaturated/α-hetero) is 1. The van der Waals surface area contributed by atoms with E-state index in [1.165, 1.54) is 0 Å². The van der Waals surface area contributed by atoms with E-state index in [4.69, 9.17) is 10.5 Å². The van der Waals surface area contributed by atoms with Gasteiger partial charge in [-0.1, -0.05) is 30.3 Å². The highest BCUT2D eigenvalue weighted by atomic mass is 16.6. The van der Waals surface area contributed by atoms with E-state index in [0.717, 1.165) is 6.07 Å². The Labute approximate surface area is 154 Å². The van der Waals surface area contributed by atoms with E-state index in [0.29, 0.717) is 5.56 Å². The van der Waals surface area contributed by atoms with E-state index < -0.39 is 22.7 Å².